The third kappa shape index (κ3) is 1.37. The zero-order chi connectivity index (χ0) is 9.97. The fourth-order valence-corrected chi connectivity index (χ4v) is 1.63. The third-order valence-corrected chi connectivity index (χ3v) is 2.28. The lowest BCUT2D eigenvalue weighted by Gasteiger charge is -2.04. The summed E-state index contributed by atoms with van der Waals surface area (Å²) >= 11 is 0. The third-order valence-electron chi connectivity index (χ3n) is 2.28. The van der Waals surface area contributed by atoms with E-state index in [0.717, 1.165) is 16.3 Å². The molecule has 0 fully saturated rings. The summed E-state index contributed by atoms with van der Waals surface area (Å²) in [4.78, 5) is 0. The highest BCUT2D eigenvalue weighted by Crippen LogP contribution is 2.27. The Morgan fingerprint density at radius 3 is 2.64 bits per heavy atom. The van der Waals surface area contributed by atoms with Crippen LogP contribution in [0.2, 0.25) is 0 Å². The number of allylic oxidation sites excluding steroid dienone is 1. The van der Waals surface area contributed by atoms with Gasteiger partial charge in [0.1, 0.15) is 5.75 Å². The van der Waals surface area contributed by atoms with E-state index in [1.165, 1.54) is 0 Å². The van der Waals surface area contributed by atoms with Crippen molar-refractivity contribution in [1.29, 1.82) is 0 Å². The van der Waals surface area contributed by atoms with Crippen LogP contribution < -0.4 is 0 Å². The molecule has 14 heavy (non-hydrogen) atoms. The van der Waals surface area contributed by atoms with Crippen molar-refractivity contribution in [3.05, 3.63) is 48.0 Å². The number of phenols is 1. The van der Waals surface area contributed by atoms with E-state index in [-0.39, 0.29) is 0 Å². The smallest absolute Gasteiger partial charge is 0.123 e. The molecule has 0 aliphatic heterocycles. The summed E-state index contributed by atoms with van der Waals surface area (Å²) < 4.78 is 0. The molecule has 0 saturated carbocycles. The van der Waals surface area contributed by atoms with Crippen LogP contribution in [0.25, 0.3) is 16.8 Å². The number of hydrogen-bond acceptors (Lipinski definition) is 1. The molecule has 2 aromatic carbocycles. The van der Waals surface area contributed by atoms with Gasteiger partial charge in [-0.3, -0.25) is 0 Å². The second-order valence-corrected chi connectivity index (χ2v) is 3.22. The van der Waals surface area contributed by atoms with E-state index in [4.69, 9.17) is 0 Å². The summed E-state index contributed by atoms with van der Waals surface area (Å²) in [5.41, 5.74) is 0.894. The molecule has 0 aromatic heterocycles. The summed E-state index contributed by atoms with van der Waals surface area (Å²) in [5.74, 6) is 0.335. The molecule has 1 nitrogen and oxygen atoms in total. The van der Waals surface area contributed by atoms with Crippen molar-refractivity contribution >= 4 is 16.8 Å². The van der Waals surface area contributed by atoms with Gasteiger partial charge in [0, 0.05) is 5.56 Å². The van der Waals surface area contributed by atoms with E-state index in [0.29, 0.717) is 5.75 Å². The van der Waals surface area contributed by atoms with Gasteiger partial charge in [-0.25, -0.2) is 0 Å². The van der Waals surface area contributed by atoms with E-state index in [1.807, 2.05) is 49.4 Å². The monoisotopic (exact) mass is 184 g/mol. The van der Waals surface area contributed by atoms with E-state index in [9.17, 15) is 5.11 Å². The molecule has 70 valence electrons. The topological polar surface area (TPSA) is 20.2 Å². The average Bonchev–Trinajstić information content (AvgIpc) is 2.23. The fourth-order valence-electron chi connectivity index (χ4n) is 1.63. The Morgan fingerprint density at radius 2 is 1.86 bits per heavy atom. The van der Waals surface area contributed by atoms with Crippen molar-refractivity contribution in [1.82, 2.24) is 0 Å². The Bertz CT molecular complexity index is 484. The first kappa shape index (κ1) is 8.82. The summed E-state index contributed by atoms with van der Waals surface area (Å²) in [6.07, 6.45) is 3.86. The van der Waals surface area contributed by atoms with Crippen LogP contribution in [0.5, 0.6) is 5.75 Å². The van der Waals surface area contributed by atoms with Gasteiger partial charge in [0.05, 0.1) is 0 Å². The maximum atomic E-state index is 9.69. The molecule has 0 heterocycles. The number of fused-ring (bicyclic) bond motifs is 1. The van der Waals surface area contributed by atoms with Gasteiger partial charge in [0.25, 0.3) is 0 Å². The second-order valence-electron chi connectivity index (χ2n) is 3.22. The van der Waals surface area contributed by atoms with E-state index in [2.05, 4.69) is 0 Å². The van der Waals surface area contributed by atoms with Crippen molar-refractivity contribution < 1.29 is 5.11 Å². The van der Waals surface area contributed by atoms with Crippen LogP contribution in [-0.2, 0) is 0 Å². The van der Waals surface area contributed by atoms with Crippen LogP contribution in [0.4, 0.5) is 0 Å². The highest BCUT2D eigenvalue weighted by molar-refractivity contribution is 5.92. The number of rotatable bonds is 1. The molecule has 0 saturated heterocycles. The highest BCUT2D eigenvalue weighted by Gasteiger charge is 2.01. The lowest BCUT2D eigenvalue weighted by Crippen LogP contribution is -1.79. The van der Waals surface area contributed by atoms with Crippen LogP contribution in [0.15, 0.2) is 42.5 Å². The molecule has 2 aromatic rings. The van der Waals surface area contributed by atoms with E-state index in [1.54, 1.807) is 6.07 Å². The summed E-state index contributed by atoms with van der Waals surface area (Å²) in [6, 6.07) is 11.7. The molecular weight excluding hydrogens is 172 g/mol. The van der Waals surface area contributed by atoms with Crippen LogP contribution in [0.1, 0.15) is 12.5 Å². The second kappa shape index (κ2) is 3.54. The standard InChI is InChI=1S/C13H12O/c1-2-5-12-11-7-4-3-6-10(11)8-9-13(12)14/h2-9,14H,1H3/b5-2+. The average molecular weight is 184 g/mol. The summed E-state index contributed by atoms with van der Waals surface area (Å²) in [6.45, 7) is 1.95. The van der Waals surface area contributed by atoms with Crippen LogP contribution in [0, 0.1) is 0 Å². The Morgan fingerprint density at radius 1 is 1.07 bits per heavy atom. The van der Waals surface area contributed by atoms with Gasteiger partial charge in [-0.15, -0.1) is 0 Å². The molecular formula is C13H12O. The minimum Gasteiger partial charge on any atom is -0.507 e. The SMILES string of the molecule is C/C=C/c1c(O)ccc2ccccc12. The first-order valence-corrected chi connectivity index (χ1v) is 4.66. The molecule has 0 unspecified atom stereocenters. The Hall–Kier alpha value is -1.76. The number of benzene rings is 2. The van der Waals surface area contributed by atoms with Gasteiger partial charge in [-0.05, 0) is 23.8 Å². The minimum atomic E-state index is 0.335. The molecule has 0 bridgehead atoms. The predicted octanol–water partition coefficient (Wildman–Crippen LogP) is 3.58. The van der Waals surface area contributed by atoms with E-state index >= 15 is 0 Å². The van der Waals surface area contributed by atoms with Crippen molar-refractivity contribution in [2.75, 3.05) is 0 Å². The molecule has 0 amide bonds. The molecule has 2 rings (SSSR count). The maximum absolute atomic E-state index is 9.69. The molecule has 0 aliphatic carbocycles. The highest BCUT2D eigenvalue weighted by atomic mass is 16.3. The predicted molar refractivity (Wildman–Crippen MR) is 60.3 cm³/mol. The fraction of sp³-hybridized carbons (Fsp3) is 0.0769. The van der Waals surface area contributed by atoms with Gasteiger partial charge in [-0.2, -0.15) is 0 Å². The molecule has 0 radical (unpaired) electrons. The van der Waals surface area contributed by atoms with Crippen molar-refractivity contribution in [3.63, 3.8) is 0 Å². The lowest BCUT2D eigenvalue weighted by molar-refractivity contribution is 0.475. The molecule has 1 heteroatoms. The Kier molecular flexibility index (Phi) is 2.23. The molecule has 1 N–H and O–H groups in total. The molecule has 0 aliphatic rings. The van der Waals surface area contributed by atoms with Gasteiger partial charge in [0.15, 0.2) is 0 Å². The van der Waals surface area contributed by atoms with Gasteiger partial charge in [0.2, 0.25) is 0 Å². The van der Waals surface area contributed by atoms with Crippen LogP contribution >= 0.6 is 0 Å². The Labute approximate surface area is 83.3 Å². The first-order chi connectivity index (χ1) is 6.83. The number of phenolic OH excluding ortho intramolecular Hbond substituents is 1. The quantitative estimate of drug-likeness (QED) is 0.718. The zero-order valence-corrected chi connectivity index (χ0v) is 8.07. The zero-order valence-electron chi connectivity index (χ0n) is 8.07. The molecule has 0 atom stereocenters. The molecule has 0 spiro atoms. The number of hydrogen-bond donors (Lipinski definition) is 1. The van der Waals surface area contributed by atoms with Crippen molar-refractivity contribution in [3.8, 4) is 5.75 Å². The first-order valence-electron chi connectivity index (χ1n) is 4.66. The summed E-state index contributed by atoms with van der Waals surface area (Å²) in [7, 11) is 0. The minimum absolute atomic E-state index is 0.335. The van der Waals surface area contributed by atoms with E-state index < -0.39 is 0 Å². The normalized spacial score (nSPS) is 11.2. The lowest BCUT2D eigenvalue weighted by atomic mass is 10.0. The Balaban J connectivity index is 2.82. The largest absolute Gasteiger partial charge is 0.507 e. The number of aromatic hydroxyl groups is 1. The van der Waals surface area contributed by atoms with Gasteiger partial charge in [-0.1, -0.05) is 42.5 Å². The van der Waals surface area contributed by atoms with Crippen molar-refractivity contribution in [2.24, 2.45) is 0 Å². The van der Waals surface area contributed by atoms with Gasteiger partial charge < -0.3 is 5.11 Å². The maximum Gasteiger partial charge on any atom is 0.123 e. The van der Waals surface area contributed by atoms with Gasteiger partial charge >= 0.3 is 0 Å². The summed E-state index contributed by atoms with van der Waals surface area (Å²) in [5, 5.41) is 11.9. The van der Waals surface area contributed by atoms with Crippen molar-refractivity contribution in [2.45, 2.75) is 6.92 Å². The van der Waals surface area contributed by atoms with Crippen LogP contribution in [-0.4, -0.2) is 5.11 Å². The van der Waals surface area contributed by atoms with Crippen LogP contribution in [0.3, 0.4) is 0 Å².